The highest BCUT2D eigenvalue weighted by Crippen LogP contribution is 2.29. The Kier molecular flexibility index (Phi) is 9.28. The smallest absolute Gasteiger partial charge is 0.284 e. The zero-order valence-corrected chi connectivity index (χ0v) is 19.7. The number of nitrogens with one attached hydrogen (secondary N) is 2. The van der Waals surface area contributed by atoms with Gasteiger partial charge < -0.3 is 30.4 Å². The van der Waals surface area contributed by atoms with E-state index in [0.717, 1.165) is 49.9 Å². The highest BCUT2D eigenvalue weighted by atomic mass is 127. The number of amides is 1. The number of benzene rings is 1. The molecule has 1 amide bonds. The third-order valence-corrected chi connectivity index (χ3v) is 4.83. The molecule has 2 heterocycles. The number of hydrogen-bond donors (Lipinski definition) is 3. The largest absolute Gasteiger partial charge is 0.495 e. The van der Waals surface area contributed by atoms with Crippen LogP contribution in [0.2, 0.25) is 0 Å². The maximum atomic E-state index is 11.2. The molecule has 1 aliphatic heterocycles. The minimum Gasteiger partial charge on any atom is -0.495 e. The van der Waals surface area contributed by atoms with Gasteiger partial charge in [0.05, 0.1) is 12.8 Å². The number of anilines is 1. The molecular formula is C21H30IN5O3. The van der Waals surface area contributed by atoms with E-state index >= 15 is 0 Å². The van der Waals surface area contributed by atoms with Crippen molar-refractivity contribution >= 4 is 41.5 Å². The maximum Gasteiger partial charge on any atom is 0.284 e. The number of carbonyl (C=O) groups excluding carboxylic acids is 1. The number of aliphatic imine (C=N–C) groups is 1. The van der Waals surface area contributed by atoms with Gasteiger partial charge in [0.1, 0.15) is 18.1 Å². The number of primary amides is 1. The molecule has 9 heteroatoms. The number of halogens is 1. The summed E-state index contributed by atoms with van der Waals surface area (Å²) in [7, 11) is 1.70. The first kappa shape index (κ1) is 23.8. The van der Waals surface area contributed by atoms with Crippen molar-refractivity contribution in [2.45, 2.75) is 32.4 Å². The second-order valence-electron chi connectivity index (χ2n) is 6.93. The summed E-state index contributed by atoms with van der Waals surface area (Å²) in [5.41, 5.74) is 6.34. The molecule has 1 atom stereocenters. The standard InChI is InChI=1S/C21H29N5O3.HI/c1-3-23-21(24-13-16-10-11-19(29-16)20(22)27)25-15-7-6-12-26(14-15)17-8-4-5-9-18(17)28-2;/h4-5,8-11,15H,3,6-7,12-14H2,1-2H3,(H2,22,27)(H2,23,24,25);1H. The summed E-state index contributed by atoms with van der Waals surface area (Å²) in [6.45, 7) is 4.95. The molecule has 0 spiro atoms. The van der Waals surface area contributed by atoms with Crippen LogP contribution >= 0.6 is 24.0 Å². The van der Waals surface area contributed by atoms with Crippen LogP contribution in [-0.4, -0.2) is 44.7 Å². The molecule has 1 saturated heterocycles. The number of carbonyl (C=O) groups is 1. The van der Waals surface area contributed by atoms with Gasteiger partial charge in [0.15, 0.2) is 11.7 Å². The van der Waals surface area contributed by atoms with Crippen LogP contribution in [0.4, 0.5) is 5.69 Å². The first-order valence-corrected chi connectivity index (χ1v) is 9.92. The molecule has 1 aliphatic rings. The minimum atomic E-state index is -0.580. The van der Waals surface area contributed by atoms with Gasteiger partial charge in [-0.15, -0.1) is 24.0 Å². The number of guanidine groups is 1. The molecule has 1 aromatic heterocycles. The molecule has 8 nitrogen and oxygen atoms in total. The van der Waals surface area contributed by atoms with Gasteiger partial charge in [-0.05, 0) is 44.0 Å². The van der Waals surface area contributed by atoms with Gasteiger partial charge in [0, 0.05) is 25.7 Å². The Labute approximate surface area is 194 Å². The summed E-state index contributed by atoms with van der Waals surface area (Å²) in [6, 6.07) is 11.6. The van der Waals surface area contributed by atoms with Gasteiger partial charge in [0.2, 0.25) is 0 Å². The quantitative estimate of drug-likeness (QED) is 0.291. The van der Waals surface area contributed by atoms with Gasteiger partial charge in [0.25, 0.3) is 5.91 Å². The van der Waals surface area contributed by atoms with Crippen molar-refractivity contribution in [1.82, 2.24) is 10.6 Å². The second-order valence-corrected chi connectivity index (χ2v) is 6.93. The van der Waals surface area contributed by atoms with Gasteiger partial charge >= 0.3 is 0 Å². The number of ether oxygens (including phenoxy) is 1. The van der Waals surface area contributed by atoms with Crippen LogP contribution < -0.4 is 26.0 Å². The predicted molar refractivity (Wildman–Crippen MR) is 129 cm³/mol. The summed E-state index contributed by atoms with van der Waals surface area (Å²) < 4.78 is 10.9. The molecule has 1 fully saturated rings. The molecule has 164 valence electrons. The van der Waals surface area contributed by atoms with E-state index in [1.54, 1.807) is 19.2 Å². The van der Waals surface area contributed by atoms with Crippen molar-refractivity contribution in [3.8, 4) is 5.75 Å². The molecule has 3 rings (SSSR count). The van der Waals surface area contributed by atoms with E-state index in [4.69, 9.17) is 14.9 Å². The Hall–Kier alpha value is -2.43. The average molecular weight is 527 g/mol. The first-order valence-electron chi connectivity index (χ1n) is 9.92. The maximum absolute atomic E-state index is 11.2. The number of furan rings is 1. The van der Waals surface area contributed by atoms with E-state index < -0.39 is 5.91 Å². The highest BCUT2D eigenvalue weighted by molar-refractivity contribution is 14.0. The Morgan fingerprint density at radius 1 is 1.33 bits per heavy atom. The third-order valence-electron chi connectivity index (χ3n) is 4.83. The van der Waals surface area contributed by atoms with Gasteiger partial charge in [-0.25, -0.2) is 4.99 Å². The van der Waals surface area contributed by atoms with Gasteiger partial charge in [-0.3, -0.25) is 4.79 Å². The lowest BCUT2D eigenvalue weighted by Gasteiger charge is -2.36. The molecular weight excluding hydrogens is 497 g/mol. The summed E-state index contributed by atoms with van der Waals surface area (Å²) >= 11 is 0. The summed E-state index contributed by atoms with van der Waals surface area (Å²) in [6.07, 6.45) is 2.14. The number of piperidine rings is 1. The van der Waals surface area contributed by atoms with E-state index in [-0.39, 0.29) is 35.8 Å². The Bertz CT molecular complexity index is 855. The molecule has 4 N–H and O–H groups in total. The number of hydrogen-bond acceptors (Lipinski definition) is 5. The number of methoxy groups -OCH3 is 1. The summed E-state index contributed by atoms with van der Waals surface area (Å²) in [4.78, 5) is 18.1. The SMILES string of the molecule is CCNC(=NCc1ccc(C(N)=O)o1)NC1CCCN(c2ccccc2OC)C1.I. The molecule has 0 saturated carbocycles. The van der Waals surface area contributed by atoms with E-state index in [1.807, 2.05) is 25.1 Å². The summed E-state index contributed by atoms with van der Waals surface area (Å²) in [5.74, 6) is 1.76. The van der Waals surface area contributed by atoms with Crippen LogP contribution in [-0.2, 0) is 6.54 Å². The van der Waals surface area contributed by atoms with Crippen LogP contribution in [0.25, 0.3) is 0 Å². The topological polar surface area (TPSA) is 105 Å². The van der Waals surface area contributed by atoms with E-state index in [9.17, 15) is 4.79 Å². The fourth-order valence-electron chi connectivity index (χ4n) is 3.47. The monoisotopic (exact) mass is 527 g/mol. The Balaban J connectivity index is 0.00000320. The molecule has 1 unspecified atom stereocenters. The van der Waals surface area contributed by atoms with Crippen molar-refractivity contribution in [2.24, 2.45) is 10.7 Å². The molecule has 1 aromatic carbocycles. The lowest BCUT2D eigenvalue weighted by molar-refractivity contribution is 0.0972. The zero-order valence-electron chi connectivity index (χ0n) is 17.4. The molecule has 0 aliphatic carbocycles. The number of para-hydroxylation sites is 2. The highest BCUT2D eigenvalue weighted by Gasteiger charge is 2.22. The normalized spacial score (nSPS) is 16.5. The average Bonchev–Trinajstić information content (AvgIpc) is 3.22. The minimum absolute atomic E-state index is 0. The van der Waals surface area contributed by atoms with E-state index in [0.29, 0.717) is 12.3 Å². The number of nitrogens with zero attached hydrogens (tertiary/aromatic N) is 2. The molecule has 0 bridgehead atoms. The van der Waals surface area contributed by atoms with E-state index in [2.05, 4.69) is 26.6 Å². The van der Waals surface area contributed by atoms with Crippen LogP contribution in [0.3, 0.4) is 0 Å². The van der Waals surface area contributed by atoms with Crippen molar-refractivity contribution in [1.29, 1.82) is 0 Å². The summed E-state index contributed by atoms with van der Waals surface area (Å²) in [5, 5.41) is 6.79. The molecule has 2 aromatic rings. The fourth-order valence-corrected chi connectivity index (χ4v) is 3.47. The lowest BCUT2D eigenvalue weighted by Crippen LogP contribution is -2.51. The first-order chi connectivity index (χ1) is 14.1. The second kappa shape index (κ2) is 11.7. The lowest BCUT2D eigenvalue weighted by atomic mass is 10.0. The van der Waals surface area contributed by atoms with E-state index in [1.165, 1.54) is 0 Å². The predicted octanol–water partition coefficient (Wildman–Crippen LogP) is 2.73. The van der Waals surface area contributed by atoms with Crippen molar-refractivity contribution in [3.63, 3.8) is 0 Å². The Morgan fingerprint density at radius 3 is 2.83 bits per heavy atom. The van der Waals surface area contributed by atoms with Crippen molar-refractivity contribution in [2.75, 3.05) is 31.6 Å². The van der Waals surface area contributed by atoms with Crippen molar-refractivity contribution < 1.29 is 13.9 Å². The zero-order chi connectivity index (χ0) is 20.6. The third kappa shape index (κ3) is 6.28. The van der Waals surface area contributed by atoms with Crippen LogP contribution in [0.15, 0.2) is 45.8 Å². The fraction of sp³-hybridized carbons (Fsp3) is 0.429. The van der Waals surface area contributed by atoms with Crippen LogP contribution in [0.5, 0.6) is 5.75 Å². The number of nitrogens with two attached hydrogens (primary N) is 1. The number of rotatable bonds is 7. The van der Waals surface area contributed by atoms with Crippen LogP contribution in [0.1, 0.15) is 36.1 Å². The van der Waals surface area contributed by atoms with Crippen molar-refractivity contribution in [3.05, 3.63) is 47.9 Å². The van der Waals surface area contributed by atoms with Gasteiger partial charge in [-0.2, -0.15) is 0 Å². The van der Waals surface area contributed by atoms with Gasteiger partial charge in [-0.1, -0.05) is 12.1 Å². The molecule has 0 radical (unpaired) electrons. The van der Waals surface area contributed by atoms with Crippen LogP contribution in [0, 0.1) is 0 Å². The molecule has 30 heavy (non-hydrogen) atoms. The Morgan fingerprint density at radius 2 is 2.13 bits per heavy atom.